The second-order valence-corrected chi connectivity index (χ2v) is 4.29. The number of hydrogen-bond acceptors (Lipinski definition) is 4. The van der Waals surface area contributed by atoms with Gasteiger partial charge in [0, 0.05) is 0 Å². The first-order chi connectivity index (χ1) is 8.06. The summed E-state index contributed by atoms with van der Waals surface area (Å²) in [4.78, 5) is 23.8. The molecule has 2 atom stereocenters. The lowest BCUT2D eigenvalue weighted by molar-refractivity contribution is -0.165. The number of ether oxygens (including phenoxy) is 2. The summed E-state index contributed by atoms with van der Waals surface area (Å²) in [5.74, 6) is -1.10. The van der Waals surface area contributed by atoms with Gasteiger partial charge < -0.3 is 9.47 Å². The van der Waals surface area contributed by atoms with E-state index >= 15 is 0 Å². The molecule has 0 aromatic carbocycles. The van der Waals surface area contributed by atoms with Crippen LogP contribution >= 0.6 is 0 Å². The Morgan fingerprint density at radius 2 is 1.94 bits per heavy atom. The zero-order valence-electron chi connectivity index (χ0n) is 10.7. The van der Waals surface area contributed by atoms with Crippen LogP contribution in [0.1, 0.15) is 33.6 Å². The summed E-state index contributed by atoms with van der Waals surface area (Å²) in [6.45, 7) is 5.91. The first-order valence-corrected chi connectivity index (χ1v) is 6.07. The van der Waals surface area contributed by atoms with Gasteiger partial charge in [-0.1, -0.05) is 12.2 Å². The zero-order chi connectivity index (χ0) is 12.9. The van der Waals surface area contributed by atoms with Crippen molar-refractivity contribution >= 4 is 11.9 Å². The fraction of sp³-hybridized carbons (Fsp3) is 0.692. The summed E-state index contributed by atoms with van der Waals surface area (Å²) in [6.07, 6.45) is 5.12. The monoisotopic (exact) mass is 240 g/mol. The summed E-state index contributed by atoms with van der Waals surface area (Å²) in [6, 6.07) is 0. The number of esters is 2. The van der Waals surface area contributed by atoms with Crippen molar-refractivity contribution in [1.82, 2.24) is 0 Å². The summed E-state index contributed by atoms with van der Waals surface area (Å²) >= 11 is 0. The number of carbonyl (C=O) groups is 2. The number of carbonyl (C=O) groups excluding carboxylic acids is 2. The lowest BCUT2D eigenvalue weighted by Crippen LogP contribution is -2.42. The fourth-order valence-electron chi connectivity index (χ4n) is 2.11. The highest BCUT2D eigenvalue weighted by molar-refractivity contribution is 5.87. The summed E-state index contributed by atoms with van der Waals surface area (Å²) in [5.41, 5.74) is -0.888. The first-order valence-electron chi connectivity index (χ1n) is 6.07. The number of hydrogen-bond donors (Lipinski definition) is 0. The summed E-state index contributed by atoms with van der Waals surface area (Å²) in [5, 5.41) is 0. The number of rotatable bonds is 4. The Kier molecular flexibility index (Phi) is 4.73. The van der Waals surface area contributed by atoms with Crippen LogP contribution in [0.3, 0.4) is 0 Å². The molecule has 0 bridgehead atoms. The third-order valence-corrected chi connectivity index (χ3v) is 3.10. The van der Waals surface area contributed by atoms with Gasteiger partial charge in [-0.15, -0.1) is 0 Å². The van der Waals surface area contributed by atoms with Crippen molar-refractivity contribution in [3.63, 3.8) is 0 Å². The van der Waals surface area contributed by atoms with Crippen LogP contribution in [-0.2, 0) is 19.1 Å². The Morgan fingerprint density at radius 1 is 1.29 bits per heavy atom. The highest BCUT2D eigenvalue weighted by atomic mass is 16.5. The van der Waals surface area contributed by atoms with Gasteiger partial charge in [0.1, 0.15) is 0 Å². The van der Waals surface area contributed by atoms with Crippen LogP contribution in [-0.4, -0.2) is 25.2 Å². The molecule has 0 aromatic rings. The third-order valence-electron chi connectivity index (χ3n) is 3.10. The van der Waals surface area contributed by atoms with E-state index in [1.807, 2.05) is 6.08 Å². The Labute approximate surface area is 102 Å². The molecule has 1 aliphatic carbocycles. The average Bonchev–Trinajstić information content (AvgIpc) is 2.30. The van der Waals surface area contributed by atoms with E-state index in [0.717, 1.165) is 6.42 Å². The van der Waals surface area contributed by atoms with Crippen LogP contribution in [0, 0.1) is 11.3 Å². The van der Waals surface area contributed by atoms with E-state index in [9.17, 15) is 9.59 Å². The molecule has 4 nitrogen and oxygen atoms in total. The maximum Gasteiger partial charge on any atom is 0.316 e. The van der Waals surface area contributed by atoms with Crippen molar-refractivity contribution in [1.29, 1.82) is 0 Å². The molecule has 0 spiro atoms. The third kappa shape index (κ3) is 2.87. The van der Waals surface area contributed by atoms with Crippen LogP contribution in [0.4, 0.5) is 0 Å². The Bertz CT molecular complexity index is 321. The quantitative estimate of drug-likeness (QED) is 0.557. The van der Waals surface area contributed by atoms with Crippen LogP contribution in [0.2, 0.25) is 0 Å². The molecule has 4 heteroatoms. The van der Waals surface area contributed by atoms with Crippen molar-refractivity contribution in [3.8, 4) is 0 Å². The molecule has 0 aromatic heterocycles. The van der Waals surface area contributed by atoms with E-state index in [0.29, 0.717) is 19.6 Å². The van der Waals surface area contributed by atoms with Gasteiger partial charge in [-0.3, -0.25) is 9.59 Å². The smallest absolute Gasteiger partial charge is 0.316 e. The van der Waals surface area contributed by atoms with Crippen LogP contribution in [0.5, 0.6) is 0 Å². The fourth-order valence-corrected chi connectivity index (χ4v) is 2.11. The van der Waals surface area contributed by atoms with Gasteiger partial charge in [-0.05, 0) is 33.6 Å². The van der Waals surface area contributed by atoms with E-state index in [4.69, 9.17) is 9.47 Å². The van der Waals surface area contributed by atoms with Crippen LogP contribution in [0.25, 0.3) is 0 Å². The molecule has 0 amide bonds. The maximum atomic E-state index is 12.0. The lowest BCUT2D eigenvalue weighted by atomic mass is 9.71. The standard InChI is InChI=1S/C13H20O4/c1-4-16-11(14)10-8-6-7-9-13(10,3)12(15)17-5-2/h7,9-10H,4-6,8H2,1-3H3. The predicted octanol–water partition coefficient (Wildman–Crippen LogP) is 2.09. The number of allylic oxidation sites excluding steroid dienone is 1. The molecule has 0 saturated carbocycles. The minimum atomic E-state index is -0.888. The van der Waals surface area contributed by atoms with Crippen LogP contribution in [0.15, 0.2) is 12.2 Å². The van der Waals surface area contributed by atoms with E-state index < -0.39 is 11.3 Å². The van der Waals surface area contributed by atoms with Gasteiger partial charge in [0.05, 0.1) is 24.5 Å². The van der Waals surface area contributed by atoms with Gasteiger partial charge in [0.2, 0.25) is 0 Å². The van der Waals surface area contributed by atoms with Gasteiger partial charge >= 0.3 is 11.9 Å². The van der Waals surface area contributed by atoms with E-state index in [1.165, 1.54) is 0 Å². The molecular weight excluding hydrogens is 220 g/mol. The SMILES string of the molecule is CCOC(=O)C1CCC=CC1(C)C(=O)OCC. The second kappa shape index (κ2) is 5.84. The molecule has 17 heavy (non-hydrogen) atoms. The predicted molar refractivity (Wildman–Crippen MR) is 63.2 cm³/mol. The summed E-state index contributed by atoms with van der Waals surface area (Å²) in [7, 11) is 0. The van der Waals surface area contributed by atoms with Crippen molar-refractivity contribution in [2.75, 3.05) is 13.2 Å². The van der Waals surface area contributed by atoms with Gasteiger partial charge in [-0.25, -0.2) is 0 Å². The second-order valence-electron chi connectivity index (χ2n) is 4.29. The Hall–Kier alpha value is -1.32. The molecule has 0 fully saturated rings. The molecular formula is C13H20O4. The molecule has 2 unspecified atom stereocenters. The van der Waals surface area contributed by atoms with Crippen molar-refractivity contribution in [2.24, 2.45) is 11.3 Å². The topological polar surface area (TPSA) is 52.6 Å². The highest BCUT2D eigenvalue weighted by Crippen LogP contribution is 2.38. The summed E-state index contributed by atoms with van der Waals surface area (Å²) < 4.78 is 10.1. The van der Waals surface area contributed by atoms with Gasteiger partial charge in [0.15, 0.2) is 0 Å². The van der Waals surface area contributed by atoms with Crippen LogP contribution < -0.4 is 0 Å². The van der Waals surface area contributed by atoms with E-state index in [1.54, 1.807) is 26.8 Å². The van der Waals surface area contributed by atoms with E-state index in [2.05, 4.69) is 0 Å². The van der Waals surface area contributed by atoms with Gasteiger partial charge in [-0.2, -0.15) is 0 Å². The Morgan fingerprint density at radius 3 is 2.53 bits per heavy atom. The molecule has 96 valence electrons. The Balaban J connectivity index is 2.91. The first kappa shape index (κ1) is 13.7. The van der Waals surface area contributed by atoms with Crippen molar-refractivity contribution < 1.29 is 19.1 Å². The molecule has 0 radical (unpaired) electrons. The largest absolute Gasteiger partial charge is 0.466 e. The molecule has 0 heterocycles. The zero-order valence-corrected chi connectivity index (χ0v) is 10.7. The normalized spacial score (nSPS) is 27.6. The molecule has 1 rings (SSSR count). The van der Waals surface area contributed by atoms with E-state index in [-0.39, 0.29) is 11.9 Å². The molecule has 0 saturated heterocycles. The lowest BCUT2D eigenvalue weighted by Gasteiger charge is -2.33. The highest BCUT2D eigenvalue weighted by Gasteiger charge is 2.46. The van der Waals surface area contributed by atoms with Crippen molar-refractivity contribution in [2.45, 2.75) is 33.6 Å². The van der Waals surface area contributed by atoms with Crippen molar-refractivity contribution in [3.05, 3.63) is 12.2 Å². The molecule has 1 aliphatic rings. The maximum absolute atomic E-state index is 12.0. The average molecular weight is 240 g/mol. The van der Waals surface area contributed by atoms with Gasteiger partial charge in [0.25, 0.3) is 0 Å². The minimum absolute atomic E-state index is 0.313. The minimum Gasteiger partial charge on any atom is -0.466 e. The molecule has 0 N–H and O–H groups in total. The molecule has 0 aliphatic heterocycles.